The minimum Gasteiger partial charge on any atom is -0.356 e. The number of nitrogens with zero attached hydrogens (tertiary/aromatic N) is 1. The summed E-state index contributed by atoms with van der Waals surface area (Å²) in [6.07, 6.45) is 0. The first-order valence-corrected chi connectivity index (χ1v) is 8.12. The highest BCUT2D eigenvalue weighted by Gasteiger charge is 2.20. The Hall–Kier alpha value is -2.04. The van der Waals surface area contributed by atoms with E-state index < -0.39 is 0 Å². The van der Waals surface area contributed by atoms with Crippen molar-refractivity contribution in [1.29, 1.82) is 0 Å². The molecular formula is C18H30N4O. The molecule has 0 aliphatic heterocycles. The second-order valence-corrected chi connectivity index (χ2v) is 6.70. The zero-order valence-corrected chi connectivity index (χ0v) is 14.9. The van der Waals surface area contributed by atoms with Crippen LogP contribution in [0.2, 0.25) is 0 Å². The maximum atomic E-state index is 11.8. The van der Waals surface area contributed by atoms with Gasteiger partial charge >= 0.3 is 0 Å². The molecule has 0 aliphatic rings. The van der Waals surface area contributed by atoms with Crippen LogP contribution in [0.25, 0.3) is 0 Å². The fraction of sp³-hybridized carbons (Fsp3) is 0.556. The Labute approximate surface area is 140 Å². The molecule has 0 aromatic heterocycles. The molecular weight excluding hydrogens is 288 g/mol. The van der Waals surface area contributed by atoms with E-state index in [0.29, 0.717) is 19.0 Å². The Morgan fingerprint density at radius 1 is 1.09 bits per heavy atom. The smallest absolute Gasteiger partial charge is 0.225 e. The Balaban J connectivity index is 2.29. The highest BCUT2D eigenvalue weighted by molar-refractivity contribution is 5.81. The van der Waals surface area contributed by atoms with Crippen molar-refractivity contribution >= 4 is 11.9 Å². The number of amides is 1. The van der Waals surface area contributed by atoms with Gasteiger partial charge in [0.1, 0.15) is 0 Å². The number of nitrogens with one attached hydrogen (secondary N) is 3. The minimum atomic E-state index is -0.356. The van der Waals surface area contributed by atoms with Gasteiger partial charge in [-0.05, 0) is 11.5 Å². The number of rotatable bonds is 6. The highest BCUT2D eigenvalue weighted by Crippen LogP contribution is 2.13. The molecule has 1 aromatic rings. The molecule has 0 bridgehead atoms. The lowest BCUT2D eigenvalue weighted by molar-refractivity contribution is -0.128. The summed E-state index contributed by atoms with van der Waals surface area (Å²) in [5, 5.41) is 9.43. The summed E-state index contributed by atoms with van der Waals surface area (Å²) in [5.74, 6) is 1.20. The molecule has 0 spiro atoms. The molecule has 1 unspecified atom stereocenters. The van der Waals surface area contributed by atoms with E-state index in [2.05, 4.69) is 52.1 Å². The van der Waals surface area contributed by atoms with Crippen molar-refractivity contribution in [2.75, 3.05) is 26.7 Å². The number of hydrogen-bond acceptors (Lipinski definition) is 2. The van der Waals surface area contributed by atoms with E-state index in [1.807, 2.05) is 26.8 Å². The van der Waals surface area contributed by atoms with E-state index in [9.17, 15) is 4.79 Å². The normalized spacial score (nSPS) is 13.3. The van der Waals surface area contributed by atoms with Crippen molar-refractivity contribution in [2.45, 2.75) is 33.6 Å². The van der Waals surface area contributed by atoms with E-state index in [0.717, 1.165) is 12.5 Å². The van der Waals surface area contributed by atoms with Crippen molar-refractivity contribution in [3.05, 3.63) is 35.9 Å². The van der Waals surface area contributed by atoms with Gasteiger partial charge in [-0.3, -0.25) is 9.79 Å². The SMILES string of the molecule is CN=C(NCCNC(=O)C(C)(C)C)NCC(C)c1ccccc1. The van der Waals surface area contributed by atoms with Gasteiger partial charge in [0.15, 0.2) is 5.96 Å². The van der Waals surface area contributed by atoms with Crippen LogP contribution in [-0.4, -0.2) is 38.5 Å². The van der Waals surface area contributed by atoms with Crippen LogP contribution in [0.5, 0.6) is 0 Å². The van der Waals surface area contributed by atoms with Gasteiger partial charge in [-0.25, -0.2) is 0 Å². The van der Waals surface area contributed by atoms with Crippen LogP contribution in [-0.2, 0) is 4.79 Å². The highest BCUT2D eigenvalue weighted by atomic mass is 16.2. The molecule has 0 saturated carbocycles. The molecule has 0 radical (unpaired) electrons. The lowest BCUT2D eigenvalue weighted by atomic mass is 9.96. The van der Waals surface area contributed by atoms with Crippen molar-refractivity contribution < 1.29 is 4.79 Å². The molecule has 128 valence electrons. The number of hydrogen-bond donors (Lipinski definition) is 3. The third kappa shape index (κ3) is 7.17. The maximum Gasteiger partial charge on any atom is 0.225 e. The molecule has 5 heteroatoms. The summed E-state index contributed by atoms with van der Waals surface area (Å²) in [6, 6.07) is 10.4. The third-order valence-corrected chi connectivity index (χ3v) is 3.55. The van der Waals surface area contributed by atoms with Gasteiger partial charge in [0.05, 0.1) is 0 Å². The lowest BCUT2D eigenvalue weighted by Gasteiger charge is -2.19. The second kappa shape index (κ2) is 9.18. The third-order valence-electron chi connectivity index (χ3n) is 3.55. The van der Waals surface area contributed by atoms with Crippen molar-refractivity contribution in [3.8, 4) is 0 Å². The van der Waals surface area contributed by atoms with Crippen LogP contribution in [0, 0.1) is 5.41 Å². The van der Waals surface area contributed by atoms with E-state index in [1.54, 1.807) is 7.05 Å². The fourth-order valence-electron chi connectivity index (χ4n) is 1.99. The monoisotopic (exact) mass is 318 g/mol. The number of carbonyl (C=O) groups is 1. The average molecular weight is 318 g/mol. The van der Waals surface area contributed by atoms with Gasteiger partial charge in [0.2, 0.25) is 5.91 Å². The summed E-state index contributed by atoms with van der Waals surface area (Å²) in [5.41, 5.74) is 0.943. The zero-order valence-electron chi connectivity index (χ0n) is 14.9. The average Bonchev–Trinajstić information content (AvgIpc) is 2.53. The molecule has 1 atom stereocenters. The lowest BCUT2D eigenvalue weighted by Crippen LogP contribution is -2.44. The zero-order chi connectivity index (χ0) is 17.3. The maximum absolute atomic E-state index is 11.8. The molecule has 1 amide bonds. The topological polar surface area (TPSA) is 65.5 Å². The second-order valence-electron chi connectivity index (χ2n) is 6.70. The van der Waals surface area contributed by atoms with Crippen LogP contribution in [0.1, 0.15) is 39.2 Å². The largest absolute Gasteiger partial charge is 0.356 e. The molecule has 23 heavy (non-hydrogen) atoms. The summed E-state index contributed by atoms with van der Waals surface area (Å²) in [4.78, 5) is 16.0. The van der Waals surface area contributed by atoms with Crippen LogP contribution < -0.4 is 16.0 Å². The number of guanidine groups is 1. The van der Waals surface area contributed by atoms with Crippen molar-refractivity contribution in [1.82, 2.24) is 16.0 Å². The first-order valence-electron chi connectivity index (χ1n) is 8.12. The molecule has 0 fully saturated rings. The Kier molecular flexibility index (Phi) is 7.59. The molecule has 5 nitrogen and oxygen atoms in total. The van der Waals surface area contributed by atoms with Gasteiger partial charge in [-0.15, -0.1) is 0 Å². The number of aliphatic imine (C=N–C) groups is 1. The first kappa shape index (κ1) is 19.0. The molecule has 0 saturated heterocycles. The van der Waals surface area contributed by atoms with E-state index in [-0.39, 0.29) is 11.3 Å². The van der Waals surface area contributed by atoms with Crippen LogP contribution in [0.3, 0.4) is 0 Å². The Morgan fingerprint density at radius 2 is 1.70 bits per heavy atom. The molecule has 1 rings (SSSR count). The van der Waals surface area contributed by atoms with Crippen LogP contribution >= 0.6 is 0 Å². The quantitative estimate of drug-likeness (QED) is 0.428. The van der Waals surface area contributed by atoms with E-state index in [4.69, 9.17) is 0 Å². The molecule has 0 heterocycles. The molecule has 3 N–H and O–H groups in total. The standard InChI is InChI=1S/C18H30N4O/c1-14(15-9-7-6-8-10-15)13-22-17(19-5)21-12-11-20-16(23)18(2,3)4/h6-10,14H,11-13H2,1-5H3,(H,20,23)(H2,19,21,22). The van der Waals surface area contributed by atoms with Gasteiger partial charge in [0, 0.05) is 32.1 Å². The summed E-state index contributed by atoms with van der Waals surface area (Å²) < 4.78 is 0. The molecule has 1 aromatic carbocycles. The van der Waals surface area contributed by atoms with Gasteiger partial charge < -0.3 is 16.0 Å². The van der Waals surface area contributed by atoms with Gasteiger partial charge in [-0.1, -0.05) is 58.0 Å². The predicted molar refractivity (Wildman–Crippen MR) is 96.7 cm³/mol. The Morgan fingerprint density at radius 3 is 2.26 bits per heavy atom. The van der Waals surface area contributed by atoms with Gasteiger partial charge in [-0.2, -0.15) is 0 Å². The van der Waals surface area contributed by atoms with Crippen molar-refractivity contribution in [2.24, 2.45) is 10.4 Å². The van der Waals surface area contributed by atoms with Gasteiger partial charge in [0.25, 0.3) is 0 Å². The molecule has 0 aliphatic carbocycles. The van der Waals surface area contributed by atoms with Crippen LogP contribution in [0.4, 0.5) is 0 Å². The summed E-state index contributed by atoms with van der Waals surface area (Å²) in [7, 11) is 1.75. The fourth-order valence-corrected chi connectivity index (χ4v) is 1.99. The first-order chi connectivity index (χ1) is 10.8. The summed E-state index contributed by atoms with van der Waals surface area (Å²) in [6.45, 7) is 9.91. The van der Waals surface area contributed by atoms with Crippen molar-refractivity contribution in [3.63, 3.8) is 0 Å². The summed E-state index contributed by atoms with van der Waals surface area (Å²) >= 11 is 0. The van der Waals surface area contributed by atoms with Crippen LogP contribution in [0.15, 0.2) is 35.3 Å². The minimum absolute atomic E-state index is 0.0555. The Bertz CT molecular complexity index is 506. The predicted octanol–water partition coefficient (Wildman–Crippen LogP) is 2.12. The number of benzene rings is 1. The number of carbonyl (C=O) groups excluding carboxylic acids is 1. The van der Waals surface area contributed by atoms with E-state index in [1.165, 1.54) is 5.56 Å². The van der Waals surface area contributed by atoms with E-state index >= 15 is 0 Å².